The highest BCUT2D eigenvalue weighted by Gasteiger charge is 2.50. The van der Waals surface area contributed by atoms with E-state index >= 15 is 0 Å². The number of ether oxygens (including phenoxy) is 1. The van der Waals surface area contributed by atoms with Crippen LogP contribution in [0.5, 0.6) is 0 Å². The molecule has 4 atom stereocenters. The first-order chi connectivity index (χ1) is 12.9. The van der Waals surface area contributed by atoms with Crippen LogP contribution >= 0.6 is 0 Å². The largest absolute Gasteiger partial charge is 0.451 e. The van der Waals surface area contributed by atoms with Crippen LogP contribution in [0.15, 0.2) is 12.2 Å². The van der Waals surface area contributed by atoms with Crippen LogP contribution in [-0.2, 0) is 23.9 Å². The summed E-state index contributed by atoms with van der Waals surface area (Å²) in [7, 11) is 0. The molecule has 0 bridgehead atoms. The molecule has 0 aromatic heterocycles. The second-order valence-corrected chi connectivity index (χ2v) is 8.15. The fraction of sp³-hybridized carbons (Fsp3) is 0.632. The van der Waals surface area contributed by atoms with Crippen molar-refractivity contribution in [1.29, 1.82) is 0 Å². The second kappa shape index (κ2) is 8.12. The fourth-order valence-electron chi connectivity index (χ4n) is 3.22. The molecule has 0 unspecified atom stereocenters. The number of hydrogen-bond acceptors (Lipinski definition) is 6. The summed E-state index contributed by atoms with van der Waals surface area (Å²) in [4.78, 5) is 62.2. The molecule has 1 aliphatic heterocycles. The molecule has 0 aromatic carbocycles. The van der Waals surface area contributed by atoms with Gasteiger partial charge in [0, 0.05) is 5.54 Å². The van der Waals surface area contributed by atoms with Crippen molar-refractivity contribution in [3.8, 4) is 0 Å². The first-order valence-corrected chi connectivity index (χ1v) is 9.27. The van der Waals surface area contributed by atoms with Crippen molar-refractivity contribution in [2.24, 2.45) is 11.8 Å². The Balaban J connectivity index is 1.94. The van der Waals surface area contributed by atoms with Gasteiger partial charge in [0.2, 0.25) is 11.8 Å². The topological polar surface area (TPSA) is 122 Å². The van der Waals surface area contributed by atoms with E-state index in [0.717, 1.165) is 4.90 Å². The lowest BCUT2D eigenvalue weighted by atomic mass is 9.85. The van der Waals surface area contributed by atoms with E-state index in [1.807, 2.05) is 12.2 Å². The van der Waals surface area contributed by atoms with E-state index in [2.05, 4.69) is 10.6 Å². The van der Waals surface area contributed by atoms with E-state index in [1.165, 1.54) is 13.8 Å². The highest BCUT2D eigenvalue weighted by molar-refractivity contribution is 6.08. The first kappa shape index (κ1) is 21.6. The maximum Gasteiger partial charge on any atom is 0.329 e. The Morgan fingerprint density at radius 3 is 2.04 bits per heavy atom. The van der Waals surface area contributed by atoms with Gasteiger partial charge in [-0.05, 0) is 47.5 Å². The molecule has 2 N–H and O–H groups in total. The molecule has 0 saturated carbocycles. The third kappa shape index (κ3) is 4.76. The second-order valence-electron chi connectivity index (χ2n) is 8.15. The van der Waals surface area contributed by atoms with Crippen LogP contribution in [0.25, 0.3) is 0 Å². The number of esters is 1. The van der Waals surface area contributed by atoms with Crippen LogP contribution in [-0.4, -0.2) is 52.3 Å². The van der Waals surface area contributed by atoms with Gasteiger partial charge in [0.05, 0.1) is 11.8 Å². The minimum absolute atomic E-state index is 0.398. The summed E-state index contributed by atoms with van der Waals surface area (Å²) in [6, 6.07) is -1.86. The summed E-state index contributed by atoms with van der Waals surface area (Å²) >= 11 is 0. The van der Waals surface area contributed by atoms with Gasteiger partial charge >= 0.3 is 12.0 Å². The molecule has 1 saturated heterocycles. The molecule has 0 spiro atoms. The van der Waals surface area contributed by atoms with Crippen LogP contribution in [0.1, 0.15) is 47.5 Å². The van der Waals surface area contributed by atoms with Crippen LogP contribution in [0.4, 0.5) is 4.79 Å². The van der Waals surface area contributed by atoms with Gasteiger partial charge in [-0.3, -0.25) is 24.6 Å². The number of nitrogens with zero attached hydrogens (tertiary/aromatic N) is 1. The molecule has 5 amide bonds. The number of amides is 5. The molecule has 0 aromatic rings. The SMILES string of the molecule is C[C@@H](OC(=O)[C@H](C)N1C(=O)[C@H]2CC=CC[C@@H]2C1=O)C(=O)NC(=O)NC(C)(C)C. The van der Waals surface area contributed by atoms with Crippen molar-refractivity contribution in [2.75, 3.05) is 0 Å². The van der Waals surface area contributed by atoms with Crippen molar-refractivity contribution in [3.63, 3.8) is 0 Å². The number of urea groups is 1. The van der Waals surface area contributed by atoms with E-state index in [0.29, 0.717) is 12.8 Å². The normalized spacial score (nSPS) is 23.7. The lowest BCUT2D eigenvalue weighted by Crippen LogP contribution is -2.51. The summed E-state index contributed by atoms with van der Waals surface area (Å²) in [6.45, 7) is 7.94. The Morgan fingerprint density at radius 1 is 1.07 bits per heavy atom. The number of nitrogens with one attached hydrogen (secondary N) is 2. The molecule has 2 aliphatic rings. The van der Waals surface area contributed by atoms with Gasteiger partial charge in [-0.1, -0.05) is 12.2 Å². The van der Waals surface area contributed by atoms with Gasteiger partial charge < -0.3 is 10.1 Å². The van der Waals surface area contributed by atoms with Crippen LogP contribution in [0.3, 0.4) is 0 Å². The van der Waals surface area contributed by atoms with E-state index in [1.54, 1.807) is 20.8 Å². The van der Waals surface area contributed by atoms with Crippen LogP contribution in [0, 0.1) is 11.8 Å². The number of likely N-dealkylation sites (tertiary alicyclic amines) is 1. The van der Waals surface area contributed by atoms with Crippen molar-refractivity contribution < 1.29 is 28.7 Å². The van der Waals surface area contributed by atoms with E-state index in [-0.39, 0.29) is 0 Å². The minimum atomic E-state index is -1.27. The minimum Gasteiger partial charge on any atom is -0.451 e. The molecular weight excluding hydrogens is 366 g/mol. The molecule has 1 heterocycles. The maximum absolute atomic E-state index is 12.5. The Hall–Kier alpha value is -2.71. The predicted molar refractivity (Wildman–Crippen MR) is 98.7 cm³/mol. The molecule has 0 radical (unpaired) electrons. The van der Waals surface area contributed by atoms with Gasteiger partial charge in [-0.25, -0.2) is 9.59 Å². The van der Waals surface area contributed by atoms with Gasteiger partial charge in [-0.15, -0.1) is 0 Å². The predicted octanol–water partition coefficient (Wildman–Crippen LogP) is 0.882. The summed E-state index contributed by atoms with van der Waals surface area (Å²) in [5, 5.41) is 4.64. The summed E-state index contributed by atoms with van der Waals surface area (Å²) in [5.41, 5.74) is -0.541. The maximum atomic E-state index is 12.5. The van der Waals surface area contributed by atoms with Gasteiger partial charge in [0.1, 0.15) is 6.04 Å². The lowest BCUT2D eigenvalue weighted by molar-refractivity contribution is -0.163. The van der Waals surface area contributed by atoms with Crippen molar-refractivity contribution in [2.45, 2.75) is 65.1 Å². The third-order valence-electron chi connectivity index (χ3n) is 4.66. The zero-order valence-electron chi connectivity index (χ0n) is 16.8. The van der Waals surface area contributed by atoms with Crippen molar-refractivity contribution in [1.82, 2.24) is 15.5 Å². The highest BCUT2D eigenvalue weighted by atomic mass is 16.5. The van der Waals surface area contributed by atoms with Gasteiger partial charge in [0.25, 0.3) is 5.91 Å². The Labute approximate surface area is 163 Å². The smallest absolute Gasteiger partial charge is 0.329 e. The molecule has 9 nitrogen and oxygen atoms in total. The highest BCUT2D eigenvalue weighted by Crippen LogP contribution is 2.36. The molecule has 154 valence electrons. The Morgan fingerprint density at radius 2 is 1.57 bits per heavy atom. The van der Waals surface area contributed by atoms with Crippen LogP contribution in [0.2, 0.25) is 0 Å². The number of carbonyl (C=O) groups excluding carboxylic acids is 5. The van der Waals surface area contributed by atoms with Crippen LogP contribution < -0.4 is 10.6 Å². The number of hydrogen-bond donors (Lipinski definition) is 2. The third-order valence-corrected chi connectivity index (χ3v) is 4.66. The van der Waals surface area contributed by atoms with Crippen molar-refractivity contribution >= 4 is 29.7 Å². The molecule has 2 rings (SSSR count). The molecular formula is C19H27N3O6. The number of fused-ring (bicyclic) bond motifs is 1. The van der Waals surface area contributed by atoms with Gasteiger partial charge in [0.15, 0.2) is 6.10 Å². The van der Waals surface area contributed by atoms with E-state index in [9.17, 15) is 24.0 Å². The summed E-state index contributed by atoms with van der Waals surface area (Å²) in [6.07, 6.45) is 3.38. The molecule has 28 heavy (non-hydrogen) atoms. The monoisotopic (exact) mass is 393 g/mol. The van der Waals surface area contributed by atoms with E-state index < -0.39 is 59.2 Å². The van der Waals surface area contributed by atoms with Crippen molar-refractivity contribution in [3.05, 3.63) is 12.2 Å². The zero-order chi connectivity index (χ0) is 21.2. The Bertz CT molecular complexity index is 698. The summed E-state index contributed by atoms with van der Waals surface area (Å²) < 4.78 is 5.07. The average molecular weight is 393 g/mol. The molecule has 9 heteroatoms. The fourth-order valence-corrected chi connectivity index (χ4v) is 3.22. The first-order valence-electron chi connectivity index (χ1n) is 9.27. The quantitative estimate of drug-likeness (QED) is 0.415. The lowest BCUT2D eigenvalue weighted by Gasteiger charge is -2.24. The zero-order valence-corrected chi connectivity index (χ0v) is 16.8. The van der Waals surface area contributed by atoms with E-state index in [4.69, 9.17) is 4.74 Å². The number of allylic oxidation sites excluding steroid dienone is 2. The number of carbonyl (C=O) groups is 5. The molecule has 1 fully saturated rings. The summed E-state index contributed by atoms with van der Waals surface area (Å²) in [5.74, 6) is -3.38. The van der Waals surface area contributed by atoms with Gasteiger partial charge in [-0.2, -0.15) is 0 Å². The molecule has 1 aliphatic carbocycles. The Kier molecular flexibility index (Phi) is 6.26. The number of rotatable bonds is 4. The standard InChI is InChI=1S/C19H27N3O6/c1-10(22-15(24)12-8-6-7-9-13(12)16(22)25)17(26)28-11(2)14(23)20-18(27)21-19(3,4)5/h6-7,10-13H,8-9H2,1-5H3,(H2,20,21,23,27)/t10-,11+,12-,13-/m0/s1. The number of imide groups is 2. The average Bonchev–Trinajstić information content (AvgIpc) is 2.83.